The predicted molar refractivity (Wildman–Crippen MR) is 77.5 cm³/mol. The standard InChI is InChI=1S/C13H14ClF2N5O2/c14-13-19-11(17-2-6(15)16)7-12(20-13)21(3-18-7)8-4-1-5(4)9(22)10(8)23/h3-6,8-10,22-23H,1-2H2,(H,17,19,20)/t4-,5+,8+,9+,10-/m0/s1. The summed E-state index contributed by atoms with van der Waals surface area (Å²) < 4.78 is 26.5. The molecule has 0 saturated heterocycles. The van der Waals surface area contributed by atoms with Crippen LogP contribution in [0.1, 0.15) is 12.5 Å². The number of nitrogens with zero attached hydrogens (tertiary/aromatic N) is 4. The second-order valence-corrected chi connectivity index (χ2v) is 6.31. The summed E-state index contributed by atoms with van der Waals surface area (Å²) in [6.07, 6.45) is -1.92. The van der Waals surface area contributed by atoms with Crippen LogP contribution in [0.4, 0.5) is 14.6 Å². The number of anilines is 1. The lowest BCUT2D eigenvalue weighted by Crippen LogP contribution is -2.31. The lowest BCUT2D eigenvalue weighted by atomic mass is 10.1. The van der Waals surface area contributed by atoms with Crippen LogP contribution in [0.3, 0.4) is 0 Å². The van der Waals surface area contributed by atoms with Gasteiger partial charge in [-0.2, -0.15) is 9.97 Å². The van der Waals surface area contributed by atoms with Crippen LogP contribution >= 0.6 is 11.6 Å². The molecular weight excluding hydrogens is 332 g/mol. The number of fused-ring (bicyclic) bond motifs is 2. The van der Waals surface area contributed by atoms with Crippen molar-refractivity contribution in [2.45, 2.75) is 31.1 Å². The molecule has 2 heterocycles. The topological polar surface area (TPSA) is 96.1 Å². The quantitative estimate of drug-likeness (QED) is 0.717. The molecule has 2 aliphatic rings. The first-order chi connectivity index (χ1) is 11.0. The zero-order chi connectivity index (χ0) is 16.3. The van der Waals surface area contributed by atoms with Gasteiger partial charge in [-0.15, -0.1) is 0 Å². The zero-order valence-electron chi connectivity index (χ0n) is 11.8. The van der Waals surface area contributed by atoms with Gasteiger partial charge in [-0.25, -0.2) is 13.8 Å². The van der Waals surface area contributed by atoms with Crippen molar-refractivity contribution in [3.8, 4) is 0 Å². The fourth-order valence-corrected chi connectivity index (χ4v) is 3.67. The van der Waals surface area contributed by atoms with Crippen molar-refractivity contribution in [1.29, 1.82) is 0 Å². The maximum absolute atomic E-state index is 12.4. The third-order valence-corrected chi connectivity index (χ3v) is 4.78. The Morgan fingerprint density at radius 3 is 2.74 bits per heavy atom. The molecule has 2 aromatic rings. The lowest BCUT2D eigenvalue weighted by molar-refractivity contribution is 0.00386. The molecule has 0 bridgehead atoms. The average molecular weight is 346 g/mol. The maximum Gasteiger partial charge on any atom is 0.255 e. The summed E-state index contributed by atoms with van der Waals surface area (Å²) in [6.45, 7) is -0.579. The minimum atomic E-state index is -2.54. The molecule has 2 saturated carbocycles. The Morgan fingerprint density at radius 2 is 2.09 bits per heavy atom. The van der Waals surface area contributed by atoms with Crippen molar-refractivity contribution >= 4 is 28.6 Å². The van der Waals surface area contributed by atoms with Crippen molar-refractivity contribution < 1.29 is 19.0 Å². The number of alkyl halides is 2. The monoisotopic (exact) mass is 345 g/mol. The maximum atomic E-state index is 12.4. The van der Waals surface area contributed by atoms with E-state index in [0.29, 0.717) is 11.2 Å². The van der Waals surface area contributed by atoms with Crippen LogP contribution in [0, 0.1) is 11.8 Å². The highest BCUT2D eigenvalue weighted by molar-refractivity contribution is 6.28. The van der Waals surface area contributed by atoms with Gasteiger partial charge in [-0.1, -0.05) is 0 Å². The number of aromatic nitrogens is 4. The molecule has 2 aliphatic carbocycles. The van der Waals surface area contributed by atoms with Gasteiger partial charge in [0.2, 0.25) is 5.28 Å². The van der Waals surface area contributed by atoms with Crippen LogP contribution in [0.25, 0.3) is 11.2 Å². The fourth-order valence-electron chi connectivity index (χ4n) is 3.51. The second kappa shape index (κ2) is 5.22. The fraction of sp³-hybridized carbons (Fsp3) is 0.615. The average Bonchev–Trinajstić information content (AvgIpc) is 3.11. The minimum Gasteiger partial charge on any atom is -0.390 e. The molecule has 7 nitrogen and oxygen atoms in total. The summed E-state index contributed by atoms with van der Waals surface area (Å²) in [5.41, 5.74) is 0.659. The summed E-state index contributed by atoms with van der Waals surface area (Å²) in [5.74, 6) is 0.365. The molecule has 0 unspecified atom stereocenters. The van der Waals surface area contributed by atoms with Gasteiger partial charge >= 0.3 is 0 Å². The van der Waals surface area contributed by atoms with Crippen LogP contribution < -0.4 is 5.32 Å². The Labute approximate surface area is 134 Å². The molecule has 4 rings (SSSR count). The van der Waals surface area contributed by atoms with Crippen molar-refractivity contribution in [2.75, 3.05) is 11.9 Å². The van der Waals surface area contributed by atoms with E-state index in [1.165, 1.54) is 6.33 Å². The molecule has 0 aliphatic heterocycles. The molecule has 0 spiro atoms. The molecule has 2 aromatic heterocycles. The molecule has 3 N–H and O–H groups in total. The van der Waals surface area contributed by atoms with Crippen molar-refractivity contribution in [1.82, 2.24) is 19.5 Å². The second-order valence-electron chi connectivity index (χ2n) is 5.97. The number of hydrogen-bond acceptors (Lipinski definition) is 6. The van der Waals surface area contributed by atoms with E-state index in [2.05, 4.69) is 20.3 Å². The number of aliphatic hydroxyl groups is 2. The smallest absolute Gasteiger partial charge is 0.255 e. The summed E-state index contributed by atoms with van der Waals surface area (Å²) in [7, 11) is 0. The first kappa shape index (κ1) is 15.0. The van der Waals surface area contributed by atoms with E-state index in [4.69, 9.17) is 11.6 Å². The van der Waals surface area contributed by atoms with Gasteiger partial charge in [-0.05, 0) is 29.9 Å². The minimum absolute atomic E-state index is 0.0844. The van der Waals surface area contributed by atoms with Gasteiger partial charge in [0.25, 0.3) is 6.43 Å². The van der Waals surface area contributed by atoms with Gasteiger partial charge in [-0.3, -0.25) is 0 Å². The van der Waals surface area contributed by atoms with Gasteiger partial charge < -0.3 is 20.1 Å². The van der Waals surface area contributed by atoms with Crippen molar-refractivity contribution in [3.05, 3.63) is 11.6 Å². The first-order valence-corrected chi connectivity index (χ1v) is 7.63. The van der Waals surface area contributed by atoms with Crippen LogP contribution in [-0.2, 0) is 0 Å². The predicted octanol–water partition coefficient (Wildman–Crippen LogP) is 1.07. The van der Waals surface area contributed by atoms with E-state index < -0.39 is 25.2 Å². The molecule has 5 atom stereocenters. The highest BCUT2D eigenvalue weighted by Crippen LogP contribution is 2.57. The molecule has 2 fully saturated rings. The Morgan fingerprint density at radius 1 is 1.30 bits per heavy atom. The number of rotatable bonds is 4. The van der Waals surface area contributed by atoms with Crippen LogP contribution in [0.15, 0.2) is 6.33 Å². The summed E-state index contributed by atoms with van der Waals surface area (Å²) in [6, 6.07) is -0.353. The molecule has 0 aromatic carbocycles. The normalized spacial score (nSPS) is 32.5. The highest BCUT2D eigenvalue weighted by Gasteiger charge is 2.60. The third kappa shape index (κ3) is 2.34. The Hall–Kier alpha value is -1.58. The Kier molecular flexibility index (Phi) is 3.40. The molecule has 10 heteroatoms. The number of halogens is 3. The van der Waals surface area contributed by atoms with Crippen LogP contribution in [-0.4, -0.2) is 54.9 Å². The zero-order valence-corrected chi connectivity index (χ0v) is 12.5. The summed E-state index contributed by atoms with van der Waals surface area (Å²) in [5, 5.41) is 22.6. The van der Waals surface area contributed by atoms with Gasteiger partial charge in [0.05, 0.1) is 25.0 Å². The first-order valence-electron chi connectivity index (χ1n) is 7.25. The molecule has 0 radical (unpaired) electrons. The SMILES string of the molecule is O[C@@H]1[C@H](O)[C@@H]2C[C@@H]2[C@H]1n1cnc2c(NCC(F)F)nc(Cl)nc21. The molecule has 23 heavy (non-hydrogen) atoms. The van der Waals surface area contributed by atoms with Crippen molar-refractivity contribution in [3.63, 3.8) is 0 Å². The number of nitrogens with one attached hydrogen (secondary N) is 1. The van der Waals surface area contributed by atoms with Crippen LogP contribution in [0.2, 0.25) is 5.28 Å². The number of hydrogen-bond donors (Lipinski definition) is 3. The highest BCUT2D eigenvalue weighted by atomic mass is 35.5. The van der Waals surface area contributed by atoms with E-state index in [9.17, 15) is 19.0 Å². The number of aliphatic hydroxyl groups excluding tert-OH is 2. The van der Waals surface area contributed by atoms with Gasteiger partial charge in [0, 0.05) is 0 Å². The third-order valence-electron chi connectivity index (χ3n) is 4.61. The summed E-state index contributed by atoms with van der Waals surface area (Å²) in [4.78, 5) is 12.2. The molecule has 124 valence electrons. The summed E-state index contributed by atoms with van der Waals surface area (Å²) >= 11 is 5.88. The number of imidazole rings is 1. The van der Waals surface area contributed by atoms with E-state index >= 15 is 0 Å². The Bertz CT molecular complexity index is 757. The van der Waals surface area contributed by atoms with Gasteiger partial charge in [0.1, 0.15) is 6.10 Å². The van der Waals surface area contributed by atoms with E-state index in [1.54, 1.807) is 4.57 Å². The molecular formula is C13H14ClF2N5O2. The van der Waals surface area contributed by atoms with E-state index in [1.807, 2.05) is 0 Å². The van der Waals surface area contributed by atoms with E-state index in [-0.39, 0.29) is 29.0 Å². The largest absolute Gasteiger partial charge is 0.390 e. The molecule has 0 amide bonds. The van der Waals surface area contributed by atoms with Gasteiger partial charge in [0.15, 0.2) is 17.0 Å². The lowest BCUT2D eigenvalue weighted by Gasteiger charge is -2.22. The van der Waals surface area contributed by atoms with Crippen molar-refractivity contribution in [2.24, 2.45) is 11.8 Å². The van der Waals surface area contributed by atoms with Crippen LogP contribution in [0.5, 0.6) is 0 Å². The Balaban J connectivity index is 1.75. The van der Waals surface area contributed by atoms with E-state index in [0.717, 1.165) is 6.42 Å².